The van der Waals surface area contributed by atoms with E-state index in [1.54, 1.807) is 13.8 Å². The fourth-order valence-electron chi connectivity index (χ4n) is 1.75. The molecule has 0 atom stereocenters. The minimum absolute atomic E-state index is 0.222. The molecule has 1 aromatic rings. The summed E-state index contributed by atoms with van der Waals surface area (Å²) < 4.78 is 26.2. The third kappa shape index (κ3) is 3.70. The normalized spacial score (nSPS) is 11.9. The molecule has 118 valence electrons. The molecule has 8 heteroatoms. The molecule has 0 saturated heterocycles. The predicted octanol–water partition coefficient (Wildman–Crippen LogP) is 2.45. The van der Waals surface area contributed by atoms with Gasteiger partial charge >= 0.3 is 5.69 Å². The van der Waals surface area contributed by atoms with Crippen molar-refractivity contribution >= 4 is 21.4 Å². The van der Waals surface area contributed by atoms with E-state index in [2.05, 4.69) is 5.32 Å². The van der Waals surface area contributed by atoms with Gasteiger partial charge in [0.15, 0.2) is 4.90 Å². The number of rotatable bonds is 7. The van der Waals surface area contributed by atoms with E-state index >= 15 is 0 Å². The summed E-state index contributed by atoms with van der Waals surface area (Å²) in [5.41, 5.74) is -0.182. The van der Waals surface area contributed by atoms with Crippen LogP contribution in [0.3, 0.4) is 0 Å². The van der Waals surface area contributed by atoms with Gasteiger partial charge in [-0.15, -0.1) is 0 Å². The summed E-state index contributed by atoms with van der Waals surface area (Å²) in [7, 11) is -2.50. The smallest absolute Gasteiger partial charge is 0.312 e. The van der Waals surface area contributed by atoms with Crippen LogP contribution in [0.4, 0.5) is 11.4 Å². The number of benzene rings is 1. The SMILES string of the molecule is CCCNc1cccc(S(=O)(=O)N(C)C(C)C)c1[N+](=O)[O-]. The Kier molecular flexibility index (Phi) is 5.68. The van der Waals surface area contributed by atoms with E-state index in [1.807, 2.05) is 6.92 Å². The average Bonchev–Trinajstić information content (AvgIpc) is 2.43. The number of sulfonamides is 1. The van der Waals surface area contributed by atoms with E-state index < -0.39 is 20.6 Å². The minimum Gasteiger partial charge on any atom is -0.379 e. The Bertz CT molecular complexity index is 614. The molecule has 0 heterocycles. The Morgan fingerprint density at radius 3 is 2.48 bits per heavy atom. The number of nitrogens with one attached hydrogen (secondary N) is 1. The maximum atomic E-state index is 12.5. The summed E-state index contributed by atoms with van der Waals surface area (Å²) in [4.78, 5) is 10.4. The lowest BCUT2D eigenvalue weighted by Crippen LogP contribution is -2.33. The summed E-state index contributed by atoms with van der Waals surface area (Å²) in [6.45, 7) is 5.88. The van der Waals surface area contributed by atoms with Gasteiger partial charge < -0.3 is 5.32 Å². The van der Waals surface area contributed by atoms with E-state index in [1.165, 1.54) is 25.2 Å². The van der Waals surface area contributed by atoms with Gasteiger partial charge in [0, 0.05) is 19.6 Å². The van der Waals surface area contributed by atoms with E-state index in [-0.39, 0.29) is 16.6 Å². The predicted molar refractivity (Wildman–Crippen MR) is 82.0 cm³/mol. The molecule has 0 radical (unpaired) electrons. The first-order valence-electron chi connectivity index (χ1n) is 6.72. The van der Waals surface area contributed by atoms with Gasteiger partial charge in [0.05, 0.1) is 4.92 Å². The highest BCUT2D eigenvalue weighted by Crippen LogP contribution is 2.33. The van der Waals surface area contributed by atoms with Gasteiger partial charge in [-0.05, 0) is 32.4 Å². The molecule has 1 rings (SSSR count). The van der Waals surface area contributed by atoms with Gasteiger partial charge in [-0.25, -0.2) is 8.42 Å². The Morgan fingerprint density at radius 1 is 1.38 bits per heavy atom. The Morgan fingerprint density at radius 2 is 2.00 bits per heavy atom. The van der Waals surface area contributed by atoms with Gasteiger partial charge in [0.25, 0.3) is 0 Å². The van der Waals surface area contributed by atoms with Crippen LogP contribution < -0.4 is 5.32 Å². The lowest BCUT2D eigenvalue weighted by Gasteiger charge is -2.21. The van der Waals surface area contributed by atoms with Crippen LogP contribution in [-0.4, -0.2) is 37.3 Å². The van der Waals surface area contributed by atoms with Crippen molar-refractivity contribution in [2.24, 2.45) is 0 Å². The zero-order chi connectivity index (χ0) is 16.2. The standard InChI is InChI=1S/C13H21N3O4S/c1-5-9-14-11-7-6-8-12(13(11)16(17)18)21(19,20)15(4)10(2)3/h6-8,10,14H,5,9H2,1-4H3. The molecule has 0 fully saturated rings. The molecule has 0 saturated carbocycles. The van der Waals surface area contributed by atoms with Gasteiger partial charge in [-0.2, -0.15) is 4.31 Å². The minimum atomic E-state index is -3.91. The van der Waals surface area contributed by atoms with Crippen LogP contribution in [0.25, 0.3) is 0 Å². The highest BCUT2D eigenvalue weighted by atomic mass is 32.2. The number of anilines is 1. The highest BCUT2D eigenvalue weighted by molar-refractivity contribution is 7.89. The van der Waals surface area contributed by atoms with Crippen molar-refractivity contribution in [1.29, 1.82) is 0 Å². The zero-order valence-electron chi connectivity index (χ0n) is 12.7. The molecular formula is C13H21N3O4S. The van der Waals surface area contributed by atoms with Crippen LogP contribution in [0.5, 0.6) is 0 Å². The summed E-state index contributed by atoms with van der Waals surface area (Å²) in [5.74, 6) is 0. The van der Waals surface area contributed by atoms with Gasteiger partial charge in [0.2, 0.25) is 10.0 Å². The van der Waals surface area contributed by atoms with Crippen LogP contribution in [0, 0.1) is 10.1 Å². The largest absolute Gasteiger partial charge is 0.379 e. The molecule has 0 unspecified atom stereocenters. The van der Waals surface area contributed by atoms with Gasteiger partial charge in [-0.3, -0.25) is 10.1 Å². The van der Waals surface area contributed by atoms with Crippen LogP contribution >= 0.6 is 0 Å². The summed E-state index contributed by atoms with van der Waals surface area (Å²) in [6.07, 6.45) is 0.778. The summed E-state index contributed by atoms with van der Waals surface area (Å²) in [6, 6.07) is 4.00. The van der Waals surface area contributed by atoms with E-state index in [0.717, 1.165) is 10.7 Å². The molecule has 1 N–H and O–H groups in total. The third-order valence-electron chi connectivity index (χ3n) is 3.13. The van der Waals surface area contributed by atoms with E-state index in [0.29, 0.717) is 6.54 Å². The Balaban J connectivity index is 3.46. The monoisotopic (exact) mass is 315 g/mol. The number of nitro benzene ring substituents is 1. The fourth-order valence-corrected chi connectivity index (χ4v) is 3.30. The molecule has 0 aliphatic rings. The van der Waals surface area contributed by atoms with Crippen LogP contribution in [-0.2, 0) is 10.0 Å². The molecule has 1 aromatic carbocycles. The fraction of sp³-hybridized carbons (Fsp3) is 0.538. The van der Waals surface area contributed by atoms with Crippen LogP contribution in [0.2, 0.25) is 0 Å². The number of hydrogen-bond acceptors (Lipinski definition) is 5. The molecule has 7 nitrogen and oxygen atoms in total. The first kappa shape index (κ1) is 17.4. The lowest BCUT2D eigenvalue weighted by molar-refractivity contribution is -0.386. The first-order chi connectivity index (χ1) is 9.73. The van der Waals surface area contributed by atoms with Crippen molar-refractivity contribution in [3.8, 4) is 0 Å². The number of nitrogens with zero attached hydrogens (tertiary/aromatic N) is 2. The van der Waals surface area contributed by atoms with Gasteiger partial charge in [-0.1, -0.05) is 13.0 Å². The molecule has 21 heavy (non-hydrogen) atoms. The average molecular weight is 315 g/mol. The van der Waals surface area contributed by atoms with Crippen LogP contribution in [0.1, 0.15) is 27.2 Å². The molecular weight excluding hydrogens is 294 g/mol. The number of hydrogen-bond donors (Lipinski definition) is 1. The summed E-state index contributed by atoms with van der Waals surface area (Å²) >= 11 is 0. The Labute approximate surface area is 125 Å². The van der Waals surface area contributed by atoms with Crippen molar-refractivity contribution in [2.75, 3.05) is 18.9 Å². The first-order valence-corrected chi connectivity index (χ1v) is 8.16. The van der Waals surface area contributed by atoms with Crippen molar-refractivity contribution in [1.82, 2.24) is 4.31 Å². The molecule has 0 aliphatic heterocycles. The zero-order valence-corrected chi connectivity index (χ0v) is 13.5. The second-order valence-electron chi connectivity index (χ2n) is 4.95. The van der Waals surface area contributed by atoms with Crippen molar-refractivity contribution < 1.29 is 13.3 Å². The quantitative estimate of drug-likeness (QED) is 0.616. The molecule has 0 aromatic heterocycles. The maximum Gasteiger partial charge on any atom is 0.312 e. The van der Waals surface area contributed by atoms with E-state index in [4.69, 9.17) is 0 Å². The van der Waals surface area contributed by atoms with Crippen molar-refractivity contribution in [3.63, 3.8) is 0 Å². The molecule has 0 spiro atoms. The molecule has 0 aliphatic carbocycles. The van der Waals surface area contributed by atoms with Crippen molar-refractivity contribution in [2.45, 2.75) is 38.1 Å². The highest BCUT2D eigenvalue weighted by Gasteiger charge is 2.32. The lowest BCUT2D eigenvalue weighted by atomic mass is 10.2. The molecule has 0 bridgehead atoms. The topological polar surface area (TPSA) is 92.6 Å². The molecule has 0 amide bonds. The number of nitro groups is 1. The van der Waals surface area contributed by atoms with Crippen LogP contribution in [0.15, 0.2) is 23.1 Å². The van der Waals surface area contributed by atoms with Crippen molar-refractivity contribution in [3.05, 3.63) is 28.3 Å². The van der Waals surface area contributed by atoms with Gasteiger partial charge in [0.1, 0.15) is 5.69 Å². The second-order valence-corrected chi connectivity index (χ2v) is 6.92. The van der Waals surface area contributed by atoms with E-state index in [9.17, 15) is 18.5 Å². The summed E-state index contributed by atoms with van der Waals surface area (Å²) in [5, 5.41) is 14.2. The second kappa shape index (κ2) is 6.86. The maximum absolute atomic E-state index is 12.5. The third-order valence-corrected chi connectivity index (χ3v) is 5.20. The Hall–Kier alpha value is -1.67. The number of para-hydroxylation sites is 1.